The van der Waals surface area contributed by atoms with Gasteiger partial charge in [-0.1, -0.05) is 0 Å². The number of amides is 3. The van der Waals surface area contributed by atoms with Gasteiger partial charge in [0.2, 0.25) is 5.91 Å². The first-order valence-electron chi connectivity index (χ1n) is 11.2. The second-order valence-corrected chi connectivity index (χ2v) is 8.42. The number of benzene rings is 2. The minimum atomic E-state index is -0.285. The van der Waals surface area contributed by atoms with Gasteiger partial charge in [-0.3, -0.25) is 4.79 Å². The molecule has 2 aromatic carbocycles. The van der Waals surface area contributed by atoms with Gasteiger partial charge >= 0.3 is 6.03 Å². The standard InChI is InChI=1S/C25H31N3O6/c1-15-19-13-23(34-5)21(32-3)10-16(19)8-9-27(15)25(30)26-17-11-24(29)28(14-17)18-6-7-20(31-2)22(12-18)33-4/h6-7,10,12-13,15,17H,8-9,11,14H2,1-5H3,(H,26,30)/t15-,17+/m1/s1. The highest BCUT2D eigenvalue weighted by Crippen LogP contribution is 2.38. The van der Waals surface area contributed by atoms with Gasteiger partial charge in [-0.2, -0.15) is 0 Å². The van der Waals surface area contributed by atoms with Crippen LogP contribution in [-0.2, 0) is 11.2 Å². The number of carbonyl (C=O) groups is 2. The number of anilines is 1. The van der Waals surface area contributed by atoms with Crippen LogP contribution in [0.3, 0.4) is 0 Å². The van der Waals surface area contributed by atoms with Gasteiger partial charge in [0.1, 0.15) is 0 Å². The van der Waals surface area contributed by atoms with E-state index in [9.17, 15) is 9.59 Å². The Morgan fingerprint density at radius 3 is 2.26 bits per heavy atom. The number of fused-ring (bicyclic) bond motifs is 1. The van der Waals surface area contributed by atoms with Crippen molar-refractivity contribution in [1.29, 1.82) is 0 Å². The Kier molecular flexibility index (Phi) is 6.72. The summed E-state index contributed by atoms with van der Waals surface area (Å²) in [6, 6.07) is 8.67. The molecule has 2 aliphatic rings. The Bertz CT molecular complexity index is 1090. The lowest BCUT2D eigenvalue weighted by atomic mass is 9.93. The molecule has 1 fully saturated rings. The number of carbonyl (C=O) groups excluding carboxylic acids is 2. The van der Waals surface area contributed by atoms with Crippen LogP contribution in [0.1, 0.15) is 30.5 Å². The molecule has 1 N–H and O–H groups in total. The highest BCUT2D eigenvalue weighted by Gasteiger charge is 2.35. The van der Waals surface area contributed by atoms with Gasteiger partial charge in [0, 0.05) is 31.3 Å². The van der Waals surface area contributed by atoms with Gasteiger partial charge in [-0.25, -0.2) is 4.79 Å². The van der Waals surface area contributed by atoms with Crippen LogP contribution < -0.4 is 29.2 Å². The summed E-state index contributed by atoms with van der Waals surface area (Å²) in [6.45, 7) is 2.97. The molecule has 0 aliphatic carbocycles. The van der Waals surface area contributed by atoms with E-state index in [0.29, 0.717) is 41.8 Å². The fraction of sp³-hybridized carbons (Fsp3) is 0.440. The number of hydrogen-bond acceptors (Lipinski definition) is 6. The Morgan fingerprint density at radius 1 is 0.941 bits per heavy atom. The van der Waals surface area contributed by atoms with Gasteiger partial charge < -0.3 is 34.1 Å². The van der Waals surface area contributed by atoms with Gasteiger partial charge in [0.25, 0.3) is 0 Å². The lowest BCUT2D eigenvalue weighted by Crippen LogP contribution is -2.48. The average molecular weight is 470 g/mol. The molecule has 3 amide bonds. The number of ether oxygens (including phenoxy) is 4. The molecule has 2 atom stereocenters. The lowest BCUT2D eigenvalue weighted by Gasteiger charge is -2.36. The number of hydrogen-bond donors (Lipinski definition) is 1. The molecule has 0 unspecified atom stereocenters. The molecule has 2 heterocycles. The molecule has 9 heteroatoms. The molecule has 9 nitrogen and oxygen atoms in total. The summed E-state index contributed by atoms with van der Waals surface area (Å²) in [4.78, 5) is 29.4. The van der Waals surface area contributed by atoms with Crippen LogP contribution in [0.2, 0.25) is 0 Å². The molecule has 0 aromatic heterocycles. The van der Waals surface area contributed by atoms with Crippen molar-refractivity contribution in [1.82, 2.24) is 10.2 Å². The second-order valence-electron chi connectivity index (χ2n) is 8.42. The van der Waals surface area contributed by atoms with Crippen LogP contribution in [0.4, 0.5) is 10.5 Å². The summed E-state index contributed by atoms with van der Waals surface area (Å²) < 4.78 is 21.5. The summed E-state index contributed by atoms with van der Waals surface area (Å²) in [5, 5.41) is 3.05. The van der Waals surface area contributed by atoms with Crippen molar-refractivity contribution >= 4 is 17.6 Å². The van der Waals surface area contributed by atoms with Gasteiger partial charge in [-0.15, -0.1) is 0 Å². The van der Waals surface area contributed by atoms with E-state index in [0.717, 1.165) is 17.5 Å². The molecule has 2 aliphatic heterocycles. The van der Waals surface area contributed by atoms with Gasteiger partial charge in [-0.05, 0) is 48.7 Å². The van der Waals surface area contributed by atoms with Crippen LogP contribution in [0, 0.1) is 0 Å². The van der Waals surface area contributed by atoms with Crippen molar-refractivity contribution in [3.05, 3.63) is 41.5 Å². The molecule has 1 saturated heterocycles. The van der Waals surface area contributed by atoms with E-state index < -0.39 is 0 Å². The lowest BCUT2D eigenvalue weighted by molar-refractivity contribution is -0.117. The minimum Gasteiger partial charge on any atom is -0.493 e. The zero-order chi connectivity index (χ0) is 24.4. The van der Waals surface area contributed by atoms with Gasteiger partial charge in [0.15, 0.2) is 23.0 Å². The highest BCUT2D eigenvalue weighted by atomic mass is 16.5. The molecule has 0 bridgehead atoms. The summed E-state index contributed by atoms with van der Waals surface area (Å²) >= 11 is 0. The van der Waals surface area contributed by atoms with Crippen molar-refractivity contribution in [2.45, 2.75) is 31.8 Å². The first-order chi connectivity index (χ1) is 16.4. The maximum Gasteiger partial charge on any atom is 0.318 e. The summed E-state index contributed by atoms with van der Waals surface area (Å²) in [6.07, 6.45) is 0.957. The number of rotatable bonds is 6. The predicted octanol–water partition coefficient (Wildman–Crippen LogP) is 3.16. The molecular weight excluding hydrogens is 438 g/mol. The van der Waals surface area contributed by atoms with E-state index >= 15 is 0 Å². The van der Waals surface area contributed by atoms with E-state index in [2.05, 4.69) is 5.32 Å². The molecule has 0 saturated carbocycles. The Hall–Kier alpha value is -3.62. The zero-order valence-electron chi connectivity index (χ0n) is 20.2. The number of nitrogens with one attached hydrogen (secondary N) is 1. The smallest absolute Gasteiger partial charge is 0.318 e. The Balaban J connectivity index is 1.45. The monoisotopic (exact) mass is 469 g/mol. The third-order valence-electron chi connectivity index (χ3n) is 6.58. The van der Waals surface area contributed by atoms with Crippen molar-refractivity contribution < 1.29 is 28.5 Å². The van der Waals surface area contributed by atoms with Crippen LogP contribution >= 0.6 is 0 Å². The normalized spacial score (nSPS) is 19.5. The van der Waals surface area contributed by atoms with E-state index in [4.69, 9.17) is 18.9 Å². The van der Waals surface area contributed by atoms with Crippen LogP contribution in [0.15, 0.2) is 30.3 Å². The molecule has 0 radical (unpaired) electrons. The molecule has 4 rings (SSSR count). The Morgan fingerprint density at radius 2 is 1.59 bits per heavy atom. The fourth-order valence-corrected chi connectivity index (χ4v) is 4.73. The van der Waals surface area contributed by atoms with Crippen molar-refractivity contribution in [3.63, 3.8) is 0 Å². The number of methoxy groups -OCH3 is 4. The first kappa shape index (κ1) is 23.5. The summed E-state index contributed by atoms with van der Waals surface area (Å²) in [5.41, 5.74) is 2.89. The average Bonchev–Trinajstić information content (AvgIpc) is 3.22. The number of nitrogens with zero attached hydrogens (tertiary/aromatic N) is 2. The maximum atomic E-state index is 13.2. The van der Waals surface area contributed by atoms with Crippen molar-refractivity contribution in [2.24, 2.45) is 0 Å². The van der Waals surface area contributed by atoms with E-state index in [1.165, 1.54) is 0 Å². The number of urea groups is 1. The first-order valence-corrected chi connectivity index (χ1v) is 11.2. The summed E-state index contributed by atoms with van der Waals surface area (Å²) in [7, 11) is 6.34. The van der Waals surface area contributed by atoms with Gasteiger partial charge in [0.05, 0.1) is 40.5 Å². The van der Waals surface area contributed by atoms with Crippen molar-refractivity contribution in [2.75, 3.05) is 46.4 Å². The summed E-state index contributed by atoms with van der Waals surface area (Å²) in [5.74, 6) is 2.42. The second kappa shape index (κ2) is 9.70. The SMILES string of the molecule is COc1ccc(N2C[C@@H](NC(=O)N3CCc4cc(OC)c(OC)cc4[C@H]3C)CC2=O)cc1OC. The minimum absolute atomic E-state index is 0.0496. The predicted molar refractivity (Wildman–Crippen MR) is 127 cm³/mol. The quantitative estimate of drug-likeness (QED) is 0.699. The molecule has 182 valence electrons. The van der Waals surface area contributed by atoms with Crippen LogP contribution in [-0.4, -0.2) is 64.4 Å². The molecule has 34 heavy (non-hydrogen) atoms. The third-order valence-corrected chi connectivity index (χ3v) is 6.58. The third kappa shape index (κ3) is 4.30. The van der Waals surface area contributed by atoms with E-state index in [-0.39, 0.29) is 30.4 Å². The van der Waals surface area contributed by atoms with Crippen molar-refractivity contribution in [3.8, 4) is 23.0 Å². The molecule has 2 aromatic rings. The Labute approximate surface area is 199 Å². The highest BCUT2D eigenvalue weighted by molar-refractivity contribution is 5.97. The zero-order valence-corrected chi connectivity index (χ0v) is 20.2. The maximum absolute atomic E-state index is 13.2. The van der Waals surface area contributed by atoms with Crippen LogP contribution in [0.25, 0.3) is 0 Å². The largest absolute Gasteiger partial charge is 0.493 e. The van der Waals surface area contributed by atoms with E-state index in [1.807, 2.05) is 25.1 Å². The molecule has 0 spiro atoms. The van der Waals surface area contributed by atoms with Crippen LogP contribution in [0.5, 0.6) is 23.0 Å². The molecular formula is C25H31N3O6. The fourth-order valence-electron chi connectivity index (χ4n) is 4.73. The topological polar surface area (TPSA) is 89.6 Å². The van der Waals surface area contributed by atoms with E-state index in [1.54, 1.807) is 50.4 Å².